The topological polar surface area (TPSA) is 94.4 Å². The lowest BCUT2D eigenvalue weighted by atomic mass is 9.69. The third-order valence-electron chi connectivity index (χ3n) is 6.58. The molecule has 7 heteroatoms. The summed E-state index contributed by atoms with van der Waals surface area (Å²) in [6.07, 6.45) is 0.910. The van der Waals surface area contributed by atoms with Crippen molar-refractivity contribution in [1.29, 1.82) is 0 Å². The third kappa shape index (κ3) is 4.30. The Labute approximate surface area is 199 Å². The zero-order chi connectivity index (χ0) is 24.4. The van der Waals surface area contributed by atoms with Crippen molar-refractivity contribution in [3.63, 3.8) is 0 Å². The van der Waals surface area contributed by atoms with Crippen LogP contribution < -0.4 is 9.47 Å². The highest BCUT2D eigenvalue weighted by Crippen LogP contribution is 2.48. The third-order valence-corrected chi connectivity index (χ3v) is 6.58. The van der Waals surface area contributed by atoms with Crippen LogP contribution in [0.5, 0.6) is 17.2 Å². The predicted octanol–water partition coefficient (Wildman–Crippen LogP) is 4.55. The van der Waals surface area contributed by atoms with E-state index in [1.54, 1.807) is 33.1 Å². The van der Waals surface area contributed by atoms with Gasteiger partial charge in [0.05, 0.1) is 20.8 Å². The molecule has 0 fully saturated rings. The zero-order valence-electron chi connectivity index (χ0n) is 19.8. The van der Waals surface area contributed by atoms with Gasteiger partial charge in [-0.05, 0) is 61.6 Å². The average Bonchev–Trinajstić information content (AvgIpc) is 2.83. The van der Waals surface area contributed by atoms with E-state index in [2.05, 4.69) is 0 Å². The number of methoxy groups -OCH3 is 2. The van der Waals surface area contributed by atoms with Crippen LogP contribution in [0, 0.1) is 5.92 Å². The molecule has 34 heavy (non-hydrogen) atoms. The van der Waals surface area contributed by atoms with E-state index in [4.69, 9.17) is 19.2 Å². The molecule has 1 unspecified atom stereocenters. The maximum atomic E-state index is 13.6. The molecule has 0 spiro atoms. The number of Topliss-reactive ketones (excluding diaryl/α,β-unsaturated/α-hetero) is 1. The normalized spacial score (nSPS) is 22.1. The average molecular weight is 464 g/mol. The second-order valence-corrected chi connectivity index (χ2v) is 8.55. The van der Waals surface area contributed by atoms with Crippen molar-refractivity contribution in [2.24, 2.45) is 10.9 Å². The predicted molar refractivity (Wildman–Crippen MR) is 128 cm³/mol. The van der Waals surface area contributed by atoms with Crippen molar-refractivity contribution in [3.8, 4) is 17.2 Å². The Morgan fingerprint density at radius 3 is 2.41 bits per heavy atom. The van der Waals surface area contributed by atoms with Gasteiger partial charge >= 0.3 is 5.97 Å². The SMILES string of the molecule is CCOC(=O)C1C(C)=NC2=C(C(=O)C[C@@H](c3ccc(OC)cc3)C2)[C@@H]1c1ccc(O)c(OC)c1. The molecule has 2 aliphatic rings. The van der Waals surface area contributed by atoms with Gasteiger partial charge in [0.25, 0.3) is 0 Å². The van der Waals surface area contributed by atoms with Gasteiger partial charge in [0.1, 0.15) is 11.7 Å². The van der Waals surface area contributed by atoms with Gasteiger partial charge < -0.3 is 19.3 Å². The fourth-order valence-corrected chi connectivity index (χ4v) is 4.96. The summed E-state index contributed by atoms with van der Waals surface area (Å²) in [7, 11) is 3.08. The molecule has 7 nitrogen and oxygen atoms in total. The van der Waals surface area contributed by atoms with Crippen molar-refractivity contribution in [2.75, 3.05) is 20.8 Å². The monoisotopic (exact) mass is 463 g/mol. The molecule has 0 amide bonds. The first kappa shape index (κ1) is 23.5. The number of hydrogen-bond acceptors (Lipinski definition) is 7. The fraction of sp³-hybridized carbons (Fsp3) is 0.370. The number of allylic oxidation sites excluding steroid dienone is 2. The molecule has 2 aromatic carbocycles. The number of esters is 1. The Morgan fingerprint density at radius 1 is 1.06 bits per heavy atom. The number of carbonyl (C=O) groups is 2. The Kier molecular flexibility index (Phi) is 6.72. The first-order valence-electron chi connectivity index (χ1n) is 11.4. The molecule has 0 bridgehead atoms. The van der Waals surface area contributed by atoms with E-state index < -0.39 is 17.8 Å². The zero-order valence-corrected chi connectivity index (χ0v) is 19.8. The molecule has 2 aromatic rings. The highest BCUT2D eigenvalue weighted by atomic mass is 16.5. The summed E-state index contributed by atoms with van der Waals surface area (Å²) < 4.78 is 15.9. The number of phenols is 1. The number of ether oxygens (including phenoxy) is 3. The van der Waals surface area contributed by atoms with Crippen molar-refractivity contribution < 1.29 is 28.9 Å². The van der Waals surface area contributed by atoms with E-state index in [9.17, 15) is 14.7 Å². The van der Waals surface area contributed by atoms with Gasteiger partial charge in [0, 0.05) is 29.3 Å². The van der Waals surface area contributed by atoms with Crippen LogP contribution in [0.4, 0.5) is 0 Å². The Hall–Kier alpha value is -3.61. The number of benzene rings is 2. The van der Waals surface area contributed by atoms with Crippen molar-refractivity contribution in [1.82, 2.24) is 0 Å². The summed E-state index contributed by atoms with van der Waals surface area (Å²) in [5.74, 6) is -0.730. The standard InChI is InChI=1S/C27H29NO6/c1-5-34-27(31)24-15(2)28-20-12-18(16-6-9-19(32-3)10-7-16)13-22(30)26(20)25(24)17-8-11-21(29)23(14-17)33-4/h6-11,14,18,24-25,29H,5,12-13H2,1-4H3/t18-,24?,25+/m0/s1. The lowest BCUT2D eigenvalue weighted by Crippen LogP contribution is -2.38. The largest absolute Gasteiger partial charge is 0.504 e. The molecule has 1 heterocycles. The van der Waals surface area contributed by atoms with Crippen LogP contribution in [-0.4, -0.2) is 43.4 Å². The van der Waals surface area contributed by atoms with Crippen LogP contribution in [0.1, 0.15) is 49.7 Å². The Bertz CT molecular complexity index is 1160. The van der Waals surface area contributed by atoms with E-state index in [0.29, 0.717) is 35.4 Å². The summed E-state index contributed by atoms with van der Waals surface area (Å²) in [6.45, 7) is 3.78. The highest BCUT2D eigenvalue weighted by molar-refractivity contribution is 6.09. The number of hydrogen-bond donors (Lipinski definition) is 1. The van der Waals surface area contributed by atoms with Gasteiger partial charge in [0.2, 0.25) is 0 Å². The molecule has 1 aliphatic heterocycles. The minimum Gasteiger partial charge on any atom is -0.504 e. The van der Waals surface area contributed by atoms with Gasteiger partial charge in [-0.25, -0.2) is 0 Å². The molecule has 3 atom stereocenters. The fourth-order valence-electron chi connectivity index (χ4n) is 4.96. The van der Waals surface area contributed by atoms with Gasteiger partial charge in [-0.2, -0.15) is 0 Å². The number of carbonyl (C=O) groups excluding carboxylic acids is 2. The highest BCUT2D eigenvalue weighted by Gasteiger charge is 2.45. The quantitative estimate of drug-likeness (QED) is 0.632. The number of nitrogens with zero attached hydrogens (tertiary/aromatic N) is 1. The van der Waals surface area contributed by atoms with E-state index in [1.807, 2.05) is 24.3 Å². The van der Waals surface area contributed by atoms with Crippen molar-refractivity contribution in [2.45, 2.75) is 38.5 Å². The molecule has 0 saturated heterocycles. The van der Waals surface area contributed by atoms with Gasteiger partial charge in [0.15, 0.2) is 17.3 Å². The summed E-state index contributed by atoms with van der Waals surface area (Å²) in [4.78, 5) is 31.4. The first-order valence-corrected chi connectivity index (χ1v) is 11.4. The van der Waals surface area contributed by atoms with E-state index in [0.717, 1.165) is 11.3 Å². The molecule has 0 aromatic heterocycles. The number of ketones is 1. The molecule has 1 aliphatic carbocycles. The number of rotatable bonds is 6. The molecular weight excluding hydrogens is 434 g/mol. The Morgan fingerprint density at radius 2 is 1.76 bits per heavy atom. The van der Waals surface area contributed by atoms with E-state index >= 15 is 0 Å². The molecule has 0 saturated carbocycles. The van der Waals surface area contributed by atoms with Crippen molar-refractivity contribution >= 4 is 17.5 Å². The molecule has 4 rings (SSSR count). The van der Waals surface area contributed by atoms with Crippen molar-refractivity contribution in [3.05, 3.63) is 64.9 Å². The van der Waals surface area contributed by atoms with Crippen LogP contribution in [0.15, 0.2) is 58.7 Å². The maximum absolute atomic E-state index is 13.6. The number of aliphatic imine (C=N–C) groups is 1. The summed E-state index contributed by atoms with van der Waals surface area (Å²) in [5, 5.41) is 10.1. The van der Waals surface area contributed by atoms with E-state index in [1.165, 1.54) is 13.2 Å². The van der Waals surface area contributed by atoms with Crippen LogP contribution >= 0.6 is 0 Å². The van der Waals surface area contributed by atoms with Crippen LogP contribution in [-0.2, 0) is 14.3 Å². The van der Waals surface area contributed by atoms with Gasteiger partial charge in [-0.1, -0.05) is 18.2 Å². The van der Waals surface area contributed by atoms with E-state index in [-0.39, 0.29) is 29.8 Å². The summed E-state index contributed by atoms with van der Waals surface area (Å²) in [5.41, 5.74) is 3.60. The number of aromatic hydroxyl groups is 1. The molecule has 0 radical (unpaired) electrons. The number of phenolic OH excluding ortho intramolecular Hbond substituents is 1. The van der Waals surface area contributed by atoms with Crippen LogP contribution in [0.25, 0.3) is 0 Å². The van der Waals surface area contributed by atoms with Crippen LogP contribution in [0.3, 0.4) is 0 Å². The minimum absolute atomic E-state index is 0.0103. The first-order chi connectivity index (χ1) is 16.4. The lowest BCUT2D eigenvalue weighted by molar-refractivity contribution is -0.146. The lowest BCUT2D eigenvalue weighted by Gasteiger charge is -2.36. The maximum Gasteiger partial charge on any atom is 0.315 e. The molecule has 1 N–H and O–H groups in total. The summed E-state index contributed by atoms with van der Waals surface area (Å²) >= 11 is 0. The minimum atomic E-state index is -0.727. The smallest absolute Gasteiger partial charge is 0.315 e. The van der Waals surface area contributed by atoms with Gasteiger partial charge in [-0.3, -0.25) is 14.6 Å². The second-order valence-electron chi connectivity index (χ2n) is 8.55. The Balaban J connectivity index is 1.79. The molecule has 178 valence electrons. The second kappa shape index (κ2) is 9.71. The summed E-state index contributed by atoms with van der Waals surface area (Å²) in [6, 6.07) is 12.7. The van der Waals surface area contributed by atoms with Gasteiger partial charge in [-0.15, -0.1) is 0 Å². The molecular formula is C27H29NO6. The van der Waals surface area contributed by atoms with Crippen LogP contribution in [0.2, 0.25) is 0 Å².